The zero-order chi connectivity index (χ0) is 11.7. The van der Waals surface area contributed by atoms with Gasteiger partial charge in [0, 0.05) is 31.6 Å². The van der Waals surface area contributed by atoms with Gasteiger partial charge in [-0.25, -0.2) is 0 Å². The van der Waals surface area contributed by atoms with Crippen LogP contribution in [-0.2, 0) is 0 Å². The van der Waals surface area contributed by atoms with Gasteiger partial charge in [-0.05, 0) is 32.2 Å². The summed E-state index contributed by atoms with van der Waals surface area (Å²) in [6.45, 7) is 4.73. The van der Waals surface area contributed by atoms with E-state index >= 15 is 0 Å². The van der Waals surface area contributed by atoms with Crippen LogP contribution in [0.4, 0.5) is 0 Å². The second kappa shape index (κ2) is 4.97. The lowest BCUT2D eigenvalue weighted by Crippen LogP contribution is -2.56. The van der Waals surface area contributed by atoms with Crippen molar-refractivity contribution in [2.45, 2.75) is 51.0 Å². The molecule has 3 aliphatic rings. The van der Waals surface area contributed by atoms with E-state index in [9.17, 15) is 0 Å². The quantitative estimate of drug-likeness (QED) is 0.558. The number of fused-ring (bicyclic) bond motifs is 1. The van der Waals surface area contributed by atoms with Crippen molar-refractivity contribution in [3.05, 3.63) is 0 Å². The largest absolute Gasteiger partial charge is 0.357 e. The predicted molar refractivity (Wildman–Crippen MR) is 70.5 cm³/mol. The number of hydrogen-bond acceptors (Lipinski definition) is 2. The average molecular weight is 235 g/mol. The molecule has 3 rings (SSSR count). The average Bonchev–Trinajstić information content (AvgIpc) is 2.91. The third-order valence-electron chi connectivity index (χ3n) is 4.92. The smallest absolute Gasteiger partial charge is 0.0990 e. The van der Waals surface area contributed by atoms with Crippen LogP contribution in [0.3, 0.4) is 0 Å². The molecule has 0 radical (unpaired) electrons. The summed E-state index contributed by atoms with van der Waals surface area (Å²) in [4.78, 5) is 5.05. The van der Waals surface area contributed by atoms with E-state index in [4.69, 9.17) is 5.41 Å². The number of hydrogen-bond donors (Lipinski definition) is 1. The van der Waals surface area contributed by atoms with E-state index < -0.39 is 0 Å². The molecule has 2 saturated heterocycles. The Morgan fingerprint density at radius 1 is 0.882 bits per heavy atom. The highest BCUT2D eigenvalue weighted by Gasteiger charge is 2.32. The molecule has 0 bridgehead atoms. The van der Waals surface area contributed by atoms with E-state index in [0.29, 0.717) is 5.92 Å². The summed E-state index contributed by atoms with van der Waals surface area (Å²) in [5, 5.41) is 8.39. The molecule has 1 unspecified atom stereocenters. The molecule has 0 aromatic rings. The van der Waals surface area contributed by atoms with Gasteiger partial charge in [-0.2, -0.15) is 0 Å². The molecule has 0 amide bonds. The van der Waals surface area contributed by atoms with Gasteiger partial charge in [0.25, 0.3) is 0 Å². The molecule has 1 aliphatic carbocycles. The van der Waals surface area contributed by atoms with Crippen molar-refractivity contribution in [1.29, 1.82) is 5.41 Å². The summed E-state index contributed by atoms with van der Waals surface area (Å²) in [6.07, 6.45) is 9.36. The van der Waals surface area contributed by atoms with Crippen molar-refractivity contribution in [2.75, 3.05) is 26.2 Å². The number of amidine groups is 1. The molecule has 1 atom stereocenters. The minimum absolute atomic E-state index is 0.588. The Kier molecular flexibility index (Phi) is 3.37. The number of rotatable bonds is 1. The third-order valence-corrected chi connectivity index (χ3v) is 4.92. The first-order valence-electron chi connectivity index (χ1n) is 7.42. The molecule has 1 saturated carbocycles. The lowest BCUT2D eigenvalue weighted by atomic mass is 9.98. The van der Waals surface area contributed by atoms with Gasteiger partial charge in [-0.3, -0.25) is 10.3 Å². The van der Waals surface area contributed by atoms with Crippen LogP contribution in [0.15, 0.2) is 0 Å². The molecule has 2 aliphatic heterocycles. The summed E-state index contributed by atoms with van der Waals surface area (Å²) >= 11 is 0. The normalized spacial score (nSPS) is 31.5. The lowest BCUT2D eigenvalue weighted by molar-refractivity contribution is 0.0777. The second-order valence-electron chi connectivity index (χ2n) is 6.00. The van der Waals surface area contributed by atoms with Crippen LogP contribution in [0.5, 0.6) is 0 Å². The van der Waals surface area contributed by atoms with Crippen LogP contribution in [-0.4, -0.2) is 47.9 Å². The van der Waals surface area contributed by atoms with E-state index in [1.54, 1.807) is 0 Å². The fraction of sp³-hybridized carbons (Fsp3) is 0.929. The molecular formula is C14H25N3. The van der Waals surface area contributed by atoms with Gasteiger partial charge in [-0.1, -0.05) is 19.3 Å². The summed E-state index contributed by atoms with van der Waals surface area (Å²) < 4.78 is 0. The van der Waals surface area contributed by atoms with Gasteiger partial charge in [0.1, 0.15) is 0 Å². The van der Waals surface area contributed by atoms with E-state index in [-0.39, 0.29) is 0 Å². The highest BCUT2D eigenvalue weighted by Crippen LogP contribution is 2.28. The van der Waals surface area contributed by atoms with Crippen molar-refractivity contribution in [1.82, 2.24) is 9.80 Å². The predicted octanol–water partition coefficient (Wildman–Crippen LogP) is 2.32. The topological polar surface area (TPSA) is 30.3 Å². The highest BCUT2D eigenvalue weighted by atomic mass is 15.3. The molecular weight excluding hydrogens is 210 g/mol. The van der Waals surface area contributed by atoms with Gasteiger partial charge in [0.05, 0.1) is 5.84 Å². The number of nitrogens with zero attached hydrogens (tertiary/aromatic N) is 2. The maximum Gasteiger partial charge on any atom is 0.0990 e. The maximum absolute atomic E-state index is 8.39. The molecule has 0 spiro atoms. The molecule has 96 valence electrons. The van der Waals surface area contributed by atoms with E-state index in [2.05, 4.69) is 9.80 Å². The lowest BCUT2D eigenvalue weighted by Gasteiger charge is -2.45. The summed E-state index contributed by atoms with van der Waals surface area (Å²) in [6, 6.07) is 0.749. The zero-order valence-corrected chi connectivity index (χ0v) is 10.8. The molecule has 17 heavy (non-hydrogen) atoms. The van der Waals surface area contributed by atoms with Crippen LogP contribution in [0.25, 0.3) is 0 Å². The van der Waals surface area contributed by atoms with Crippen LogP contribution in [0.2, 0.25) is 0 Å². The van der Waals surface area contributed by atoms with Crippen LogP contribution >= 0.6 is 0 Å². The summed E-state index contributed by atoms with van der Waals surface area (Å²) in [5.41, 5.74) is 0. The maximum atomic E-state index is 8.39. The molecule has 3 nitrogen and oxygen atoms in total. The Balaban J connectivity index is 1.59. The Hall–Kier alpha value is -0.570. The highest BCUT2D eigenvalue weighted by molar-refractivity contribution is 5.82. The Bertz CT molecular complexity index is 283. The summed E-state index contributed by atoms with van der Waals surface area (Å²) in [7, 11) is 0. The molecule has 1 N–H and O–H groups in total. The molecule has 3 heteroatoms. The van der Waals surface area contributed by atoms with Gasteiger partial charge in [0.15, 0.2) is 0 Å². The van der Waals surface area contributed by atoms with Crippen LogP contribution < -0.4 is 0 Å². The van der Waals surface area contributed by atoms with E-state index in [1.165, 1.54) is 58.0 Å². The monoisotopic (exact) mass is 235 g/mol. The Morgan fingerprint density at radius 2 is 1.65 bits per heavy atom. The van der Waals surface area contributed by atoms with Crippen molar-refractivity contribution in [2.24, 2.45) is 5.92 Å². The standard InChI is InChI=1S/C14H25N3/c15-14(12-5-1-2-6-12)17-10-9-16-8-4-3-7-13(16)11-17/h12-13,15H,1-11H2. The molecule has 3 fully saturated rings. The third kappa shape index (κ3) is 2.35. The first kappa shape index (κ1) is 11.5. The fourth-order valence-corrected chi connectivity index (χ4v) is 3.83. The number of nitrogens with one attached hydrogen (secondary N) is 1. The Morgan fingerprint density at radius 3 is 2.47 bits per heavy atom. The van der Waals surface area contributed by atoms with E-state index in [1.807, 2.05) is 0 Å². The summed E-state index contributed by atoms with van der Waals surface area (Å²) in [5.74, 6) is 1.55. The van der Waals surface area contributed by atoms with Crippen LogP contribution in [0.1, 0.15) is 44.9 Å². The SMILES string of the molecule is N=C(C1CCCC1)N1CCN2CCCCC2C1. The van der Waals surface area contributed by atoms with Crippen molar-refractivity contribution < 1.29 is 0 Å². The molecule has 0 aromatic carbocycles. The first-order valence-corrected chi connectivity index (χ1v) is 7.42. The van der Waals surface area contributed by atoms with Gasteiger partial charge in [0.2, 0.25) is 0 Å². The van der Waals surface area contributed by atoms with Crippen molar-refractivity contribution in [3.63, 3.8) is 0 Å². The minimum atomic E-state index is 0.588. The van der Waals surface area contributed by atoms with E-state index in [0.717, 1.165) is 25.0 Å². The minimum Gasteiger partial charge on any atom is -0.357 e. The first-order chi connectivity index (χ1) is 8.34. The fourth-order valence-electron chi connectivity index (χ4n) is 3.83. The second-order valence-corrected chi connectivity index (χ2v) is 6.00. The van der Waals surface area contributed by atoms with Crippen LogP contribution in [0, 0.1) is 11.3 Å². The molecule has 0 aromatic heterocycles. The van der Waals surface area contributed by atoms with Crippen molar-refractivity contribution in [3.8, 4) is 0 Å². The Labute approximate surface area is 105 Å². The van der Waals surface area contributed by atoms with Gasteiger partial charge >= 0.3 is 0 Å². The van der Waals surface area contributed by atoms with Gasteiger partial charge in [-0.15, -0.1) is 0 Å². The van der Waals surface area contributed by atoms with Gasteiger partial charge < -0.3 is 4.90 Å². The molecule has 2 heterocycles. The number of piperidine rings is 1. The zero-order valence-electron chi connectivity index (χ0n) is 10.8. The number of piperazine rings is 1. The van der Waals surface area contributed by atoms with Crippen molar-refractivity contribution >= 4 is 5.84 Å².